The minimum absolute atomic E-state index is 0.184. The van der Waals surface area contributed by atoms with Crippen LogP contribution in [0.2, 0.25) is 0 Å². The van der Waals surface area contributed by atoms with Crippen LogP contribution in [-0.4, -0.2) is 46.8 Å². The van der Waals surface area contributed by atoms with Crippen LogP contribution in [0, 0.1) is 12.5 Å². The molecule has 1 aliphatic rings. The molecule has 0 saturated heterocycles. The minimum Gasteiger partial charge on any atom is -0.383 e. The molecule has 1 fully saturated rings. The summed E-state index contributed by atoms with van der Waals surface area (Å²) >= 11 is 0. The third-order valence-corrected chi connectivity index (χ3v) is 4.21. The summed E-state index contributed by atoms with van der Waals surface area (Å²) in [7, 11) is 2.94. The molecule has 1 unspecified atom stereocenters. The Labute approximate surface area is 175 Å². The van der Waals surface area contributed by atoms with Crippen molar-refractivity contribution in [3.05, 3.63) is 41.3 Å². The van der Waals surface area contributed by atoms with Crippen LogP contribution >= 0.6 is 0 Å². The van der Waals surface area contributed by atoms with Gasteiger partial charge in [-0.15, -0.1) is 0 Å². The number of nitrogens with zero attached hydrogens (tertiary/aromatic N) is 5. The van der Waals surface area contributed by atoms with Gasteiger partial charge in [-0.1, -0.05) is 6.92 Å². The van der Waals surface area contributed by atoms with E-state index in [0.717, 1.165) is 11.6 Å². The van der Waals surface area contributed by atoms with Crippen LogP contribution in [0.15, 0.2) is 24.3 Å². The molecule has 2 aromatic rings. The predicted molar refractivity (Wildman–Crippen MR) is 107 cm³/mol. The van der Waals surface area contributed by atoms with Gasteiger partial charge < -0.3 is 20.1 Å². The molecule has 148 valence electrons. The maximum atomic E-state index is 8.50. The van der Waals surface area contributed by atoms with Crippen molar-refractivity contribution in [2.75, 3.05) is 26.5 Å². The highest BCUT2D eigenvalue weighted by molar-refractivity contribution is 5.67. The van der Waals surface area contributed by atoms with Crippen LogP contribution in [0.3, 0.4) is 0 Å². The molecule has 2 heterocycles. The summed E-state index contributed by atoms with van der Waals surface area (Å²) in [6, 6.07) is 0. The highest BCUT2D eigenvalue weighted by Crippen LogP contribution is 2.34. The number of anilines is 1. The van der Waals surface area contributed by atoms with Gasteiger partial charge in [0.25, 0.3) is 6.54 Å². The molecule has 1 aliphatic carbocycles. The van der Waals surface area contributed by atoms with E-state index in [2.05, 4.69) is 19.9 Å². The largest absolute Gasteiger partial charge is 0.383 e. The Morgan fingerprint density at radius 1 is 1.50 bits per heavy atom. The average Bonchev–Trinajstić information content (AvgIpc) is 3.28. The average molecular weight is 390 g/mol. The van der Waals surface area contributed by atoms with Crippen LogP contribution in [0.25, 0.3) is 21.8 Å². The molecule has 0 radical (unpaired) electrons. The van der Waals surface area contributed by atoms with E-state index in [9.17, 15) is 0 Å². The first-order valence-corrected chi connectivity index (χ1v) is 8.46. The lowest BCUT2D eigenvalue weighted by atomic mass is 10.1. The summed E-state index contributed by atoms with van der Waals surface area (Å²) in [5.41, 5.74) is 6.55. The molecule has 0 spiro atoms. The number of nitrogen functional groups attached to an aromatic ring is 1. The number of nitrogens with two attached hydrogens (primary N) is 1. The molecule has 0 bridgehead atoms. The van der Waals surface area contributed by atoms with E-state index in [-0.39, 0.29) is 17.9 Å². The quantitative estimate of drug-likeness (QED) is 0.578. The summed E-state index contributed by atoms with van der Waals surface area (Å²) in [5.74, 6) is -2.28. The fourth-order valence-corrected chi connectivity index (χ4v) is 2.79. The highest BCUT2D eigenvalue weighted by atomic mass is 16.7. The lowest BCUT2D eigenvalue weighted by Crippen LogP contribution is -2.18. The Morgan fingerprint density at radius 2 is 2.29 bits per heavy atom. The zero-order valence-electron chi connectivity index (χ0n) is 22.9. The normalized spacial score (nSPS) is 30.2. The lowest BCUT2D eigenvalue weighted by Gasteiger charge is -2.16. The molecule has 0 amide bonds. The fourth-order valence-electron chi connectivity index (χ4n) is 2.79. The van der Waals surface area contributed by atoms with Gasteiger partial charge >= 0.3 is 0 Å². The van der Waals surface area contributed by atoms with E-state index in [0.29, 0.717) is 16.8 Å². The van der Waals surface area contributed by atoms with Gasteiger partial charge in [-0.2, -0.15) is 5.10 Å². The van der Waals surface area contributed by atoms with Gasteiger partial charge in [0.2, 0.25) is 0 Å². The topological polar surface area (TPSA) is 92.4 Å². The van der Waals surface area contributed by atoms with E-state index in [4.69, 9.17) is 31.4 Å². The van der Waals surface area contributed by atoms with Crippen molar-refractivity contribution in [2.45, 2.75) is 38.8 Å². The maximum Gasteiger partial charge on any atom is 0.256 e. The molecular weight excluding hydrogens is 356 g/mol. The predicted octanol–water partition coefficient (Wildman–Crippen LogP) is 3.03. The summed E-state index contributed by atoms with van der Waals surface area (Å²) < 4.78 is 70.3. The van der Waals surface area contributed by atoms with Crippen molar-refractivity contribution in [1.29, 1.82) is 0 Å². The van der Waals surface area contributed by atoms with Crippen LogP contribution in [0.4, 0.5) is 5.82 Å². The Kier molecular flexibility index (Phi) is 4.04. The number of allylic oxidation sites excluding steroid dienone is 1. The number of aromatic nitrogens is 4. The van der Waals surface area contributed by atoms with E-state index in [1.54, 1.807) is 0 Å². The number of methoxy groups -OCH3 is 2. The van der Waals surface area contributed by atoms with Gasteiger partial charge in [0.1, 0.15) is 17.8 Å². The second-order valence-electron chi connectivity index (χ2n) is 6.00. The second-order valence-corrected chi connectivity index (χ2v) is 6.00. The molecular formula is C20H26N6O2. The molecule has 8 nitrogen and oxygen atoms in total. The monoisotopic (exact) mass is 389 g/mol. The fraction of sp³-hybridized carbons (Fsp3) is 0.500. The van der Waals surface area contributed by atoms with E-state index in [1.807, 2.05) is 0 Å². The smallest absolute Gasteiger partial charge is 0.256 e. The first-order valence-electron chi connectivity index (χ1n) is 12.0. The van der Waals surface area contributed by atoms with Crippen LogP contribution in [0.1, 0.15) is 41.2 Å². The highest BCUT2D eigenvalue weighted by Gasteiger charge is 2.23. The number of hydrogen-bond donors (Lipinski definition) is 1. The Hall–Kier alpha value is -2.76. The Morgan fingerprint density at radius 3 is 2.93 bits per heavy atom. The minimum atomic E-state index is -2.88. The van der Waals surface area contributed by atoms with Gasteiger partial charge in [-0.3, -0.25) is 0 Å². The molecule has 1 saturated carbocycles. The van der Waals surface area contributed by atoms with Crippen molar-refractivity contribution in [1.82, 2.24) is 19.7 Å². The number of hydrogen-bond acceptors (Lipinski definition) is 6. The van der Waals surface area contributed by atoms with Crippen molar-refractivity contribution < 1.29 is 19.1 Å². The van der Waals surface area contributed by atoms with Crippen LogP contribution in [-0.2, 0) is 15.9 Å². The summed E-state index contributed by atoms with van der Waals surface area (Å²) in [6.45, 7) is 7.88. The summed E-state index contributed by atoms with van der Waals surface area (Å²) in [5, 5.41) is 4.21. The molecule has 8 heteroatoms. The first kappa shape index (κ1) is 12.6. The second kappa shape index (κ2) is 8.95. The van der Waals surface area contributed by atoms with Crippen molar-refractivity contribution in [2.24, 2.45) is 5.89 Å². The Bertz CT molecular complexity index is 1160. The summed E-state index contributed by atoms with van der Waals surface area (Å²) in [6.07, 6.45) is -4.86. The van der Waals surface area contributed by atoms with Crippen molar-refractivity contribution >= 4 is 11.5 Å². The third kappa shape index (κ3) is 4.21. The molecule has 1 atom stereocenters. The molecule has 0 aliphatic heterocycles. The van der Waals surface area contributed by atoms with Gasteiger partial charge in [0.15, 0.2) is 6.29 Å². The van der Waals surface area contributed by atoms with Gasteiger partial charge in [-0.05, 0) is 30.6 Å². The molecule has 2 N–H and O–H groups in total. The van der Waals surface area contributed by atoms with Crippen molar-refractivity contribution in [3.63, 3.8) is 0 Å². The van der Waals surface area contributed by atoms with Gasteiger partial charge in [0, 0.05) is 47.6 Å². The number of ether oxygens (including phenoxy) is 2. The summed E-state index contributed by atoms with van der Waals surface area (Å²) in [4.78, 5) is 11.6. The van der Waals surface area contributed by atoms with Crippen LogP contribution in [0.5, 0.6) is 0 Å². The zero-order chi connectivity index (χ0) is 26.4. The lowest BCUT2D eigenvalue weighted by molar-refractivity contribution is -0.100. The standard InChI is InChI=1S/C20H26N6O2/c1-13-5-6-14(7-13)17(10-22-2)26-11-15(9-25-26)19-16(8-18(27-3)28-4)20(21)24-12-23-19/h9,11-13,18H,5-8,10H2,1,3-4H3,(H2,21,23,24)/b17-14-/i5D2,6D2,7D2,13D. The molecule has 2 aromatic heterocycles. The van der Waals surface area contributed by atoms with Crippen LogP contribution < -0.4 is 5.73 Å². The first-order chi connectivity index (χ1) is 16.2. The number of rotatable bonds is 7. The van der Waals surface area contributed by atoms with Crippen molar-refractivity contribution in [3.8, 4) is 11.3 Å². The van der Waals surface area contributed by atoms with E-state index < -0.39 is 43.4 Å². The maximum absolute atomic E-state index is 8.50. The Balaban J connectivity index is 2.21. The third-order valence-electron chi connectivity index (χ3n) is 4.21. The SMILES string of the molecule is [2H]C1([2H])/C(=C(\C[N+]#[C-])n2cc(-c3ncnc(N)c3CC(OC)OC)cn2)C([2H])([2H])C([2H])(C)C1([2H])[2H]. The van der Waals surface area contributed by atoms with E-state index in [1.165, 1.54) is 32.9 Å². The molecule has 28 heavy (non-hydrogen) atoms. The van der Waals surface area contributed by atoms with Gasteiger partial charge in [0.05, 0.1) is 11.9 Å². The van der Waals surface area contributed by atoms with Gasteiger partial charge in [-0.25, -0.2) is 21.2 Å². The molecule has 0 aromatic carbocycles. The zero-order valence-corrected chi connectivity index (χ0v) is 15.9. The molecule has 3 rings (SSSR count). The van der Waals surface area contributed by atoms with E-state index >= 15 is 0 Å².